The van der Waals surface area contributed by atoms with E-state index in [-0.39, 0.29) is 11.6 Å². The van der Waals surface area contributed by atoms with E-state index in [1.165, 1.54) is 12.1 Å². The van der Waals surface area contributed by atoms with E-state index in [2.05, 4.69) is 18.7 Å². The normalized spacial score (nSPS) is 11.3. The molecule has 0 spiro atoms. The number of benzene rings is 1. The van der Waals surface area contributed by atoms with Crippen molar-refractivity contribution in [3.05, 3.63) is 35.6 Å². The molecular formula is C16H24FNO2. The van der Waals surface area contributed by atoms with Crippen LogP contribution in [-0.4, -0.2) is 44.0 Å². The number of carbonyl (C=O) groups is 1. The van der Waals surface area contributed by atoms with Crippen LogP contribution in [0.3, 0.4) is 0 Å². The van der Waals surface area contributed by atoms with Gasteiger partial charge in [-0.3, -0.25) is 4.79 Å². The molecule has 0 saturated carbocycles. The third-order valence-electron chi connectivity index (χ3n) is 3.06. The number of hydrogen-bond donors (Lipinski definition) is 0. The first kappa shape index (κ1) is 16.8. The van der Waals surface area contributed by atoms with Crippen LogP contribution in [0.1, 0.15) is 30.6 Å². The van der Waals surface area contributed by atoms with Gasteiger partial charge in [0.05, 0.1) is 6.61 Å². The van der Waals surface area contributed by atoms with Gasteiger partial charge in [0.15, 0.2) is 5.78 Å². The van der Waals surface area contributed by atoms with Crippen molar-refractivity contribution in [2.45, 2.75) is 20.3 Å². The molecule has 0 heterocycles. The zero-order valence-corrected chi connectivity index (χ0v) is 12.6. The Morgan fingerprint density at radius 3 is 2.45 bits per heavy atom. The lowest BCUT2D eigenvalue weighted by Gasteiger charge is -2.23. The van der Waals surface area contributed by atoms with E-state index in [0.29, 0.717) is 31.1 Å². The van der Waals surface area contributed by atoms with E-state index >= 15 is 0 Å². The second kappa shape index (κ2) is 8.82. The summed E-state index contributed by atoms with van der Waals surface area (Å²) in [4.78, 5) is 14.3. The van der Waals surface area contributed by atoms with E-state index < -0.39 is 0 Å². The number of ether oxygens (including phenoxy) is 1. The number of ketones is 1. The quantitative estimate of drug-likeness (QED) is 0.652. The van der Waals surface area contributed by atoms with Gasteiger partial charge >= 0.3 is 0 Å². The smallest absolute Gasteiger partial charge is 0.164 e. The SMILES string of the molecule is COCCN(CCC(=O)c1ccc(F)cc1)CC(C)C. The minimum absolute atomic E-state index is 0.0520. The summed E-state index contributed by atoms with van der Waals surface area (Å²) in [6.07, 6.45) is 0.446. The number of carbonyl (C=O) groups excluding carboxylic acids is 1. The van der Waals surface area contributed by atoms with Gasteiger partial charge in [-0.05, 0) is 30.2 Å². The second-order valence-electron chi connectivity index (χ2n) is 5.37. The van der Waals surface area contributed by atoms with Crippen molar-refractivity contribution in [3.8, 4) is 0 Å². The maximum Gasteiger partial charge on any atom is 0.164 e. The molecule has 0 atom stereocenters. The molecule has 112 valence electrons. The average Bonchev–Trinajstić information content (AvgIpc) is 2.41. The summed E-state index contributed by atoms with van der Waals surface area (Å²) in [6, 6.07) is 5.73. The fraction of sp³-hybridized carbons (Fsp3) is 0.562. The average molecular weight is 281 g/mol. The Morgan fingerprint density at radius 2 is 1.90 bits per heavy atom. The van der Waals surface area contributed by atoms with Gasteiger partial charge < -0.3 is 9.64 Å². The highest BCUT2D eigenvalue weighted by Crippen LogP contribution is 2.07. The highest BCUT2D eigenvalue weighted by atomic mass is 19.1. The Bertz CT molecular complexity index is 403. The van der Waals surface area contributed by atoms with Crippen LogP contribution >= 0.6 is 0 Å². The maximum atomic E-state index is 12.8. The number of nitrogens with zero attached hydrogens (tertiary/aromatic N) is 1. The third kappa shape index (κ3) is 6.26. The summed E-state index contributed by atoms with van der Waals surface area (Å²) in [5, 5.41) is 0. The number of rotatable bonds is 9. The number of halogens is 1. The van der Waals surface area contributed by atoms with Gasteiger partial charge in [-0.2, -0.15) is 0 Å². The molecule has 0 aliphatic heterocycles. The summed E-state index contributed by atoms with van der Waals surface area (Å²) in [7, 11) is 1.68. The number of Topliss-reactive ketones (excluding diaryl/α,β-unsaturated/α-hetero) is 1. The van der Waals surface area contributed by atoms with Crippen LogP contribution in [0.15, 0.2) is 24.3 Å². The minimum atomic E-state index is -0.317. The largest absolute Gasteiger partial charge is 0.383 e. The maximum absolute atomic E-state index is 12.8. The molecule has 0 radical (unpaired) electrons. The van der Waals surface area contributed by atoms with E-state index in [1.54, 1.807) is 19.2 Å². The first-order chi connectivity index (χ1) is 9.52. The van der Waals surface area contributed by atoms with Crippen molar-refractivity contribution in [2.24, 2.45) is 5.92 Å². The van der Waals surface area contributed by atoms with E-state index in [0.717, 1.165) is 13.1 Å². The van der Waals surface area contributed by atoms with Crippen molar-refractivity contribution >= 4 is 5.78 Å². The molecule has 0 aromatic heterocycles. The molecule has 0 saturated heterocycles. The van der Waals surface area contributed by atoms with Crippen LogP contribution in [0.2, 0.25) is 0 Å². The molecule has 3 nitrogen and oxygen atoms in total. The fourth-order valence-corrected chi connectivity index (χ4v) is 2.07. The highest BCUT2D eigenvalue weighted by Gasteiger charge is 2.11. The van der Waals surface area contributed by atoms with E-state index in [1.807, 2.05) is 0 Å². The first-order valence-electron chi connectivity index (χ1n) is 7.03. The van der Waals surface area contributed by atoms with Crippen LogP contribution < -0.4 is 0 Å². The zero-order chi connectivity index (χ0) is 15.0. The van der Waals surface area contributed by atoms with Crippen LogP contribution in [0.4, 0.5) is 4.39 Å². The van der Waals surface area contributed by atoms with E-state index in [9.17, 15) is 9.18 Å². The molecule has 0 amide bonds. The Hall–Kier alpha value is -1.26. The fourth-order valence-electron chi connectivity index (χ4n) is 2.07. The van der Waals surface area contributed by atoms with Crippen molar-refractivity contribution in [1.29, 1.82) is 0 Å². The van der Waals surface area contributed by atoms with Gasteiger partial charge in [0.2, 0.25) is 0 Å². The van der Waals surface area contributed by atoms with Crippen LogP contribution in [0.25, 0.3) is 0 Å². The Balaban J connectivity index is 2.48. The Labute approximate surface area is 120 Å². The van der Waals surface area contributed by atoms with Gasteiger partial charge in [0.1, 0.15) is 5.82 Å². The van der Waals surface area contributed by atoms with Gasteiger partial charge in [-0.25, -0.2) is 4.39 Å². The van der Waals surface area contributed by atoms with Gasteiger partial charge in [-0.15, -0.1) is 0 Å². The zero-order valence-electron chi connectivity index (χ0n) is 12.6. The lowest BCUT2D eigenvalue weighted by atomic mass is 10.1. The number of methoxy groups -OCH3 is 1. The van der Waals surface area contributed by atoms with Crippen molar-refractivity contribution in [3.63, 3.8) is 0 Å². The lowest BCUT2D eigenvalue weighted by molar-refractivity contribution is 0.0941. The molecule has 20 heavy (non-hydrogen) atoms. The molecule has 0 unspecified atom stereocenters. The molecular weight excluding hydrogens is 257 g/mol. The van der Waals surface area contributed by atoms with Gasteiger partial charge in [0.25, 0.3) is 0 Å². The summed E-state index contributed by atoms with van der Waals surface area (Å²) >= 11 is 0. The molecule has 0 N–H and O–H groups in total. The molecule has 1 rings (SSSR count). The molecule has 0 aliphatic carbocycles. The molecule has 0 bridgehead atoms. The molecule has 0 aliphatic rings. The molecule has 1 aromatic carbocycles. The predicted octanol–water partition coefficient (Wildman–Crippen LogP) is 3.00. The third-order valence-corrected chi connectivity index (χ3v) is 3.06. The Kier molecular flexibility index (Phi) is 7.41. The van der Waals surface area contributed by atoms with Crippen molar-refractivity contribution < 1.29 is 13.9 Å². The Morgan fingerprint density at radius 1 is 1.25 bits per heavy atom. The summed E-state index contributed by atoms with van der Waals surface area (Å²) in [6.45, 7) is 7.45. The lowest BCUT2D eigenvalue weighted by Crippen LogP contribution is -2.33. The monoisotopic (exact) mass is 281 g/mol. The van der Waals surface area contributed by atoms with Crippen molar-refractivity contribution in [2.75, 3.05) is 33.4 Å². The summed E-state index contributed by atoms with van der Waals surface area (Å²) in [5.41, 5.74) is 0.572. The van der Waals surface area contributed by atoms with Crippen LogP contribution in [0.5, 0.6) is 0 Å². The minimum Gasteiger partial charge on any atom is -0.383 e. The molecule has 0 fully saturated rings. The van der Waals surface area contributed by atoms with Crippen LogP contribution in [-0.2, 0) is 4.74 Å². The second-order valence-corrected chi connectivity index (χ2v) is 5.37. The number of hydrogen-bond acceptors (Lipinski definition) is 3. The summed E-state index contributed by atoms with van der Waals surface area (Å²) in [5.74, 6) is 0.284. The first-order valence-corrected chi connectivity index (χ1v) is 7.03. The summed E-state index contributed by atoms with van der Waals surface area (Å²) < 4.78 is 17.9. The van der Waals surface area contributed by atoms with Gasteiger partial charge in [0, 0.05) is 38.7 Å². The topological polar surface area (TPSA) is 29.5 Å². The van der Waals surface area contributed by atoms with Crippen molar-refractivity contribution in [1.82, 2.24) is 4.90 Å². The van der Waals surface area contributed by atoms with Gasteiger partial charge in [-0.1, -0.05) is 13.8 Å². The predicted molar refractivity (Wildman–Crippen MR) is 78.5 cm³/mol. The van der Waals surface area contributed by atoms with Crippen LogP contribution in [0, 0.1) is 11.7 Å². The van der Waals surface area contributed by atoms with E-state index in [4.69, 9.17) is 4.74 Å². The molecule has 1 aromatic rings. The standard InChI is InChI=1S/C16H24FNO2/c1-13(2)12-18(10-11-20-3)9-8-16(19)14-4-6-15(17)7-5-14/h4-7,13H,8-12H2,1-3H3. The molecule has 4 heteroatoms. The highest BCUT2D eigenvalue weighted by molar-refractivity contribution is 5.96.